The number of nitrogens with zero attached hydrogens (tertiary/aromatic N) is 6. The fourth-order valence-corrected chi connectivity index (χ4v) is 7.47. The van der Waals surface area contributed by atoms with Crippen LogP contribution in [0.3, 0.4) is 0 Å². The van der Waals surface area contributed by atoms with E-state index in [0.717, 1.165) is 55.6 Å². The van der Waals surface area contributed by atoms with Gasteiger partial charge in [-0.05, 0) is 58.3 Å². The van der Waals surface area contributed by atoms with Gasteiger partial charge in [-0.2, -0.15) is 5.26 Å². The molecule has 13 heteroatoms. The third-order valence-corrected chi connectivity index (χ3v) is 9.63. The van der Waals surface area contributed by atoms with Crippen molar-refractivity contribution in [2.24, 2.45) is 0 Å². The topological polar surface area (TPSA) is 116 Å². The minimum Gasteiger partial charge on any atom is -0.444 e. The Morgan fingerprint density at radius 3 is 2.67 bits per heavy atom. The predicted octanol–water partition coefficient (Wildman–Crippen LogP) is 5.72. The zero-order valence-corrected chi connectivity index (χ0v) is 25.0. The number of amides is 1. The van der Waals surface area contributed by atoms with Crippen molar-refractivity contribution in [1.29, 1.82) is 5.26 Å². The van der Waals surface area contributed by atoms with Crippen LogP contribution in [0, 0.1) is 23.0 Å². The third-order valence-electron chi connectivity index (χ3n) is 8.52. The van der Waals surface area contributed by atoms with Gasteiger partial charge in [-0.25, -0.2) is 23.5 Å². The first-order valence-corrected chi connectivity index (χ1v) is 14.9. The molecular weight excluding hydrogens is 576 g/mol. The van der Waals surface area contributed by atoms with E-state index in [9.17, 15) is 10.1 Å². The number of aromatic nitrogens is 3. The second kappa shape index (κ2) is 9.77. The average Bonchev–Trinajstić information content (AvgIpc) is 3.65. The quantitative estimate of drug-likeness (QED) is 0.313. The molecule has 0 saturated carbocycles. The lowest BCUT2D eigenvalue weighted by molar-refractivity contribution is 0.0636. The molecule has 0 aliphatic carbocycles. The summed E-state index contributed by atoms with van der Waals surface area (Å²) in [6.45, 7) is 8.04. The van der Waals surface area contributed by atoms with E-state index in [1.54, 1.807) is 27.0 Å². The smallest absolute Gasteiger partial charge is 0.412 e. The molecule has 10 nitrogen and oxygen atoms in total. The molecule has 0 unspecified atom stereocenters. The van der Waals surface area contributed by atoms with Gasteiger partial charge in [0, 0.05) is 35.6 Å². The highest BCUT2D eigenvalue weighted by Crippen LogP contribution is 2.46. The first-order valence-electron chi connectivity index (χ1n) is 14.0. The van der Waals surface area contributed by atoms with Gasteiger partial charge in [0.1, 0.15) is 22.2 Å². The number of benzene rings is 1. The minimum atomic E-state index is -0.794. The molecule has 0 bridgehead atoms. The fraction of sp³-hybridized carbons (Fsp3) is 0.433. The maximum Gasteiger partial charge on any atom is 0.412 e. The minimum absolute atomic E-state index is 0.0324. The molecular formula is C30H29F2N7O3S. The molecule has 3 aliphatic heterocycles. The largest absolute Gasteiger partial charge is 0.444 e. The lowest BCUT2D eigenvalue weighted by Gasteiger charge is -2.51. The van der Waals surface area contributed by atoms with Crippen LogP contribution in [0.2, 0.25) is 0 Å². The maximum absolute atomic E-state index is 16.7. The van der Waals surface area contributed by atoms with Gasteiger partial charge >= 0.3 is 6.09 Å². The molecule has 6 heterocycles. The molecule has 2 saturated heterocycles. The lowest BCUT2D eigenvalue weighted by Crippen LogP contribution is -2.67. The predicted molar refractivity (Wildman–Crippen MR) is 158 cm³/mol. The second-order valence-corrected chi connectivity index (χ2v) is 13.4. The van der Waals surface area contributed by atoms with Gasteiger partial charge in [-0.15, -0.1) is 11.3 Å². The number of thiophene rings is 1. The number of pyridine rings is 1. The Morgan fingerprint density at radius 2 is 1.98 bits per heavy atom. The van der Waals surface area contributed by atoms with Gasteiger partial charge in [-0.3, -0.25) is 15.2 Å². The summed E-state index contributed by atoms with van der Waals surface area (Å²) in [5, 5.41) is 13.4. The molecule has 1 aromatic carbocycles. The molecule has 222 valence electrons. The Bertz CT molecular complexity index is 1870. The summed E-state index contributed by atoms with van der Waals surface area (Å²) >= 11 is 0.868. The van der Waals surface area contributed by atoms with Crippen LogP contribution in [0.15, 0.2) is 12.4 Å². The van der Waals surface area contributed by atoms with Crippen LogP contribution in [0.25, 0.3) is 32.2 Å². The summed E-state index contributed by atoms with van der Waals surface area (Å²) in [6.07, 6.45) is 4.10. The van der Waals surface area contributed by atoms with Crippen molar-refractivity contribution in [3.8, 4) is 17.3 Å². The van der Waals surface area contributed by atoms with Crippen LogP contribution < -0.4 is 10.2 Å². The van der Waals surface area contributed by atoms with E-state index in [-0.39, 0.29) is 56.2 Å². The van der Waals surface area contributed by atoms with Gasteiger partial charge in [-0.1, -0.05) is 0 Å². The molecule has 0 radical (unpaired) electrons. The van der Waals surface area contributed by atoms with E-state index < -0.39 is 23.3 Å². The normalized spacial score (nSPS) is 17.8. The Hall–Kier alpha value is -3.99. The number of halogens is 2. The SMILES string of the molecule is CN1CCCC12CN(c1ncc3c4c(c(-c5ncc(F)c6sc(NC(=O)OC(C)(C)C)c(C#N)c56)c(F)c3n1)COC4)C2. The Balaban J connectivity index is 1.37. The first-order chi connectivity index (χ1) is 20.5. The monoisotopic (exact) mass is 605 g/mol. The highest BCUT2D eigenvalue weighted by Gasteiger charge is 2.49. The standard InChI is InChI=1S/C30H29F2N7O3S/c1-29(2,3)42-28(40)37-26-15(8-33)21-24(34-10-19(31)25(21)43-26)20-18-12-41-11-17(18)16-9-35-27(36-23(16)22(20)32)39-13-30(14-39)6-5-7-38(30)4/h9-10H,5-7,11-14H2,1-4H3,(H,37,40). The van der Waals surface area contributed by atoms with Crippen molar-refractivity contribution in [3.05, 3.63) is 40.7 Å². The third kappa shape index (κ3) is 4.39. The summed E-state index contributed by atoms with van der Waals surface area (Å²) in [5.41, 5.74) is 0.865. The molecule has 1 spiro atoms. The lowest BCUT2D eigenvalue weighted by atomic mass is 9.87. The number of likely N-dealkylation sites (tertiary alicyclic amines) is 1. The number of fused-ring (bicyclic) bond motifs is 4. The molecule has 2 fully saturated rings. The van der Waals surface area contributed by atoms with Crippen molar-refractivity contribution in [3.63, 3.8) is 0 Å². The number of carbonyl (C=O) groups is 1. The number of likely N-dealkylation sites (N-methyl/N-ethyl adjacent to an activating group) is 1. The van der Waals surface area contributed by atoms with Crippen molar-refractivity contribution in [2.75, 3.05) is 36.9 Å². The highest BCUT2D eigenvalue weighted by molar-refractivity contribution is 7.23. The molecule has 4 aromatic rings. The Kier molecular flexibility index (Phi) is 6.32. The van der Waals surface area contributed by atoms with Crippen molar-refractivity contribution in [1.82, 2.24) is 19.9 Å². The van der Waals surface area contributed by atoms with E-state index in [0.29, 0.717) is 16.9 Å². The van der Waals surface area contributed by atoms with Crippen LogP contribution in [-0.4, -0.2) is 63.8 Å². The first kappa shape index (κ1) is 27.8. The second-order valence-electron chi connectivity index (χ2n) is 12.4. The summed E-state index contributed by atoms with van der Waals surface area (Å²) in [4.78, 5) is 30.6. The fourth-order valence-electron chi connectivity index (χ4n) is 6.43. The van der Waals surface area contributed by atoms with E-state index in [1.807, 2.05) is 0 Å². The van der Waals surface area contributed by atoms with Gasteiger partial charge in [0.2, 0.25) is 5.95 Å². The van der Waals surface area contributed by atoms with Crippen molar-refractivity contribution in [2.45, 2.75) is 58.0 Å². The average molecular weight is 606 g/mol. The number of nitrogens with one attached hydrogen (secondary N) is 1. The van der Waals surface area contributed by atoms with Crippen LogP contribution in [0.4, 0.5) is 24.5 Å². The number of hydrogen-bond acceptors (Lipinski definition) is 10. The summed E-state index contributed by atoms with van der Waals surface area (Å²) in [7, 11) is 2.13. The van der Waals surface area contributed by atoms with Crippen molar-refractivity contribution < 1.29 is 23.0 Å². The number of ether oxygens (including phenoxy) is 2. The van der Waals surface area contributed by atoms with E-state index in [4.69, 9.17) is 9.47 Å². The number of rotatable bonds is 3. The van der Waals surface area contributed by atoms with Gasteiger partial charge in [0.25, 0.3) is 0 Å². The maximum atomic E-state index is 16.7. The zero-order chi connectivity index (χ0) is 30.3. The highest BCUT2D eigenvalue weighted by atomic mass is 32.1. The summed E-state index contributed by atoms with van der Waals surface area (Å²) < 4.78 is 43.0. The van der Waals surface area contributed by atoms with Crippen LogP contribution in [0.5, 0.6) is 0 Å². The van der Waals surface area contributed by atoms with E-state index in [1.165, 1.54) is 0 Å². The van der Waals surface area contributed by atoms with Crippen LogP contribution in [-0.2, 0) is 22.7 Å². The molecule has 3 aliphatic rings. The molecule has 3 aromatic heterocycles. The number of carbonyl (C=O) groups excluding carboxylic acids is 1. The van der Waals surface area contributed by atoms with Crippen molar-refractivity contribution >= 4 is 49.4 Å². The van der Waals surface area contributed by atoms with E-state index in [2.05, 4.69) is 43.2 Å². The Labute approximate surface area is 250 Å². The molecule has 0 atom stereocenters. The molecule has 43 heavy (non-hydrogen) atoms. The number of hydrogen-bond donors (Lipinski definition) is 1. The summed E-state index contributed by atoms with van der Waals surface area (Å²) in [6, 6.07) is 2.06. The van der Waals surface area contributed by atoms with Gasteiger partial charge < -0.3 is 14.4 Å². The molecule has 1 amide bonds. The van der Waals surface area contributed by atoms with Gasteiger partial charge in [0.05, 0.1) is 40.9 Å². The summed E-state index contributed by atoms with van der Waals surface area (Å²) in [5.74, 6) is -0.899. The van der Waals surface area contributed by atoms with Crippen LogP contribution >= 0.6 is 11.3 Å². The van der Waals surface area contributed by atoms with Crippen LogP contribution in [0.1, 0.15) is 50.3 Å². The molecule has 7 rings (SSSR count). The van der Waals surface area contributed by atoms with E-state index >= 15 is 8.78 Å². The number of anilines is 2. The number of nitriles is 1. The Morgan fingerprint density at radius 1 is 1.21 bits per heavy atom. The molecule has 1 N–H and O–H groups in total. The zero-order valence-electron chi connectivity index (χ0n) is 24.2. The van der Waals surface area contributed by atoms with Gasteiger partial charge in [0.15, 0.2) is 11.6 Å².